The smallest absolute Gasteiger partial charge is 0.171 e. The van der Waals surface area contributed by atoms with Crippen molar-refractivity contribution < 1.29 is 4.74 Å². The summed E-state index contributed by atoms with van der Waals surface area (Å²) < 4.78 is 5.32. The Morgan fingerprint density at radius 1 is 1.62 bits per heavy atom. The highest BCUT2D eigenvalue weighted by atomic mass is 16.5. The van der Waals surface area contributed by atoms with Crippen molar-refractivity contribution in [1.82, 2.24) is 4.98 Å². The number of nitrogens with zero attached hydrogens (tertiary/aromatic N) is 2. The molecule has 0 bridgehead atoms. The molecule has 1 unspecified atom stereocenters. The number of anilines is 1. The van der Waals surface area contributed by atoms with Gasteiger partial charge in [-0.1, -0.05) is 0 Å². The van der Waals surface area contributed by atoms with Gasteiger partial charge in [0.05, 0.1) is 7.11 Å². The first kappa shape index (κ1) is 11.2. The van der Waals surface area contributed by atoms with E-state index in [1.54, 1.807) is 13.3 Å². The van der Waals surface area contributed by atoms with Gasteiger partial charge in [0.25, 0.3) is 0 Å². The summed E-state index contributed by atoms with van der Waals surface area (Å²) in [7, 11) is 3.71. The van der Waals surface area contributed by atoms with E-state index in [0.717, 1.165) is 17.5 Å². The molecule has 0 amide bonds. The molecule has 0 saturated heterocycles. The first-order chi connectivity index (χ1) is 7.77. The van der Waals surface area contributed by atoms with E-state index in [1.807, 2.05) is 19.2 Å². The molecule has 0 radical (unpaired) electrons. The number of likely N-dealkylation sites (N-methyl/N-ethyl adjacent to an activating group) is 1. The summed E-state index contributed by atoms with van der Waals surface area (Å²) in [6, 6.07) is 4.19. The molecule has 1 aromatic rings. The van der Waals surface area contributed by atoms with E-state index in [0.29, 0.717) is 12.6 Å². The lowest BCUT2D eigenvalue weighted by atomic mass is 10.1. The van der Waals surface area contributed by atoms with Crippen LogP contribution in [0.3, 0.4) is 0 Å². The number of methoxy groups -OCH3 is 1. The first-order valence-corrected chi connectivity index (χ1v) is 5.69. The number of rotatable bonds is 5. The van der Waals surface area contributed by atoms with E-state index in [1.165, 1.54) is 12.8 Å². The molecule has 1 saturated carbocycles. The fraction of sp³-hybridized carbons (Fsp3) is 0.583. The Labute approximate surface area is 96.4 Å². The van der Waals surface area contributed by atoms with Gasteiger partial charge in [0, 0.05) is 25.8 Å². The average molecular weight is 221 g/mol. The van der Waals surface area contributed by atoms with Gasteiger partial charge in [-0.25, -0.2) is 4.98 Å². The van der Waals surface area contributed by atoms with Crippen LogP contribution in [0.25, 0.3) is 0 Å². The predicted molar refractivity (Wildman–Crippen MR) is 64.8 cm³/mol. The summed E-state index contributed by atoms with van der Waals surface area (Å²) in [5.74, 6) is 2.41. The Balaban J connectivity index is 2.20. The van der Waals surface area contributed by atoms with Gasteiger partial charge >= 0.3 is 0 Å². The monoisotopic (exact) mass is 221 g/mol. The van der Waals surface area contributed by atoms with Gasteiger partial charge in [0.1, 0.15) is 0 Å². The lowest BCUT2D eigenvalue weighted by molar-refractivity contribution is 0.410. The molecule has 1 fully saturated rings. The third-order valence-corrected chi connectivity index (χ3v) is 3.21. The standard InChI is InChI=1S/C12H19N3O/c1-15(10(8-13)9-5-6-9)12-11(16-2)4-3-7-14-12/h3-4,7,9-10H,5-6,8,13H2,1-2H3. The van der Waals surface area contributed by atoms with Gasteiger partial charge in [0.15, 0.2) is 11.6 Å². The van der Waals surface area contributed by atoms with Crippen LogP contribution in [0.2, 0.25) is 0 Å². The Bertz CT molecular complexity index is 352. The molecule has 0 aliphatic heterocycles. The number of hydrogen-bond acceptors (Lipinski definition) is 4. The number of nitrogens with two attached hydrogens (primary N) is 1. The summed E-state index contributed by atoms with van der Waals surface area (Å²) in [4.78, 5) is 6.52. The van der Waals surface area contributed by atoms with Crippen LogP contribution in [0.4, 0.5) is 5.82 Å². The summed E-state index contributed by atoms with van der Waals surface area (Å²) in [6.07, 6.45) is 4.34. The summed E-state index contributed by atoms with van der Waals surface area (Å²) in [5.41, 5.74) is 5.83. The molecule has 88 valence electrons. The zero-order chi connectivity index (χ0) is 11.5. The van der Waals surface area contributed by atoms with E-state index in [-0.39, 0.29) is 0 Å². The molecular weight excluding hydrogens is 202 g/mol. The highest BCUT2D eigenvalue weighted by Gasteiger charge is 2.34. The summed E-state index contributed by atoms with van der Waals surface area (Å²) >= 11 is 0. The normalized spacial score (nSPS) is 16.9. The van der Waals surface area contributed by atoms with Crippen LogP contribution in [0.5, 0.6) is 5.75 Å². The van der Waals surface area contributed by atoms with Crippen molar-refractivity contribution >= 4 is 5.82 Å². The zero-order valence-corrected chi connectivity index (χ0v) is 9.89. The molecule has 1 aliphatic carbocycles. The van der Waals surface area contributed by atoms with Crippen molar-refractivity contribution in [2.24, 2.45) is 11.7 Å². The molecule has 2 rings (SSSR count). The second kappa shape index (κ2) is 4.70. The minimum atomic E-state index is 0.379. The van der Waals surface area contributed by atoms with Gasteiger partial charge in [0.2, 0.25) is 0 Å². The van der Waals surface area contributed by atoms with E-state index in [2.05, 4.69) is 9.88 Å². The van der Waals surface area contributed by atoms with Gasteiger partial charge in [-0.05, 0) is 30.9 Å². The predicted octanol–water partition coefficient (Wildman–Crippen LogP) is 1.26. The molecule has 0 aromatic carbocycles. The maximum absolute atomic E-state index is 5.83. The van der Waals surface area contributed by atoms with Gasteiger partial charge in [-0.15, -0.1) is 0 Å². The van der Waals surface area contributed by atoms with Crippen LogP contribution in [0.1, 0.15) is 12.8 Å². The van der Waals surface area contributed by atoms with Crippen molar-refractivity contribution in [1.29, 1.82) is 0 Å². The van der Waals surface area contributed by atoms with Gasteiger partial charge in [-0.3, -0.25) is 0 Å². The minimum Gasteiger partial charge on any atom is -0.493 e. The van der Waals surface area contributed by atoms with Crippen LogP contribution in [-0.2, 0) is 0 Å². The third-order valence-electron chi connectivity index (χ3n) is 3.21. The maximum Gasteiger partial charge on any atom is 0.171 e. The topological polar surface area (TPSA) is 51.4 Å². The molecule has 4 heteroatoms. The Kier molecular flexibility index (Phi) is 3.29. The molecule has 1 aromatic heterocycles. The molecule has 2 N–H and O–H groups in total. The second-order valence-electron chi connectivity index (χ2n) is 4.28. The van der Waals surface area contributed by atoms with Crippen LogP contribution >= 0.6 is 0 Å². The van der Waals surface area contributed by atoms with E-state index >= 15 is 0 Å². The fourth-order valence-electron chi connectivity index (χ4n) is 2.11. The molecular formula is C12H19N3O. The van der Waals surface area contributed by atoms with E-state index in [4.69, 9.17) is 10.5 Å². The third kappa shape index (κ3) is 2.11. The number of ether oxygens (including phenoxy) is 1. The quantitative estimate of drug-likeness (QED) is 0.813. The van der Waals surface area contributed by atoms with Crippen LogP contribution < -0.4 is 15.4 Å². The number of hydrogen-bond donors (Lipinski definition) is 1. The van der Waals surface area contributed by atoms with Crippen LogP contribution in [0, 0.1) is 5.92 Å². The Morgan fingerprint density at radius 2 is 2.38 bits per heavy atom. The fourth-order valence-corrected chi connectivity index (χ4v) is 2.11. The molecule has 4 nitrogen and oxygen atoms in total. The highest BCUT2D eigenvalue weighted by Crippen LogP contribution is 2.37. The Hall–Kier alpha value is -1.29. The minimum absolute atomic E-state index is 0.379. The highest BCUT2D eigenvalue weighted by molar-refractivity contribution is 5.52. The molecule has 16 heavy (non-hydrogen) atoms. The van der Waals surface area contributed by atoms with Gasteiger partial charge < -0.3 is 15.4 Å². The Morgan fingerprint density at radius 3 is 2.94 bits per heavy atom. The van der Waals surface area contributed by atoms with E-state index in [9.17, 15) is 0 Å². The lowest BCUT2D eigenvalue weighted by Gasteiger charge is -2.29. The molecule has 1 heterocycles. The van der Waals surface area contributed by atoms with Crippen LogP contribution in [-0.4, -0.2) is 31.7 Å². The first-order valence-electron chi connectivity index (χ1n) is 5.69. The summed E-state index contributed by atoms with van der Waals surface area (Å²) in [6.45, 7) is 0.668. The van der Waals surface area contributed by atoms with Crippen molar-refractivity contribution in [3.63, 3.8) is 0 Å². The largest absolute Gasteiger partial charge is 0.493 e. The van der Waals surface area contributed by atoms with Crippen molar-refractivity contribution in [2.45, 2.75) is 18.9 Å². The molecule has 1 aliphatic rings. The summed E-state index contributed by atoms with van der Waals surface area (Å²) in [5, 5.41) is 0. The number of aromatic nitrogens is 1. The second-order valence-corrected chi connectivity index (χ2v) is 4.28. The zero-order valence-electron chi connectivity index (χ0n) is 9.89. The average Bonchev–Trinajstić information content (AvgIpc) is 3.14. The van der Waals surface area contributed by atoms with Crippen molar-refractivity contribution in [3.8, 4) is 5.75 Å². The van der Waals surface area contributed by atoms with Gasteiger partial charge in [-0.2, -0.15) is 0 Å². The van der Waals surface area contributed by atoms with E-state index < -0.39 is 0 Å². The molecule has 0 spiro atoms. The van der Waals surface area contributed by atoms with Crippen molar-refractivity contribution in [2.75, 3.05) is 25.6 Å². The van der Waals surface area contributed by atoms with Crippen LogP contribution in [0.15, 0.2) is 18.3 Å². The molecule has 1 atom stereocenters. The lowest BCUT2D eigenvalue weighted by Crippen LogP contribution is -2.40. The number of pyridine rings is 1. The SMILES string of the molecule is COc1cccnc1N(C)C(CN)C1CC1. The maximum atomic E-state index is 5.83. The van der Waals surface area contributed by atoms with Crippen molar-refractivity contribution in [3.05, 3.63) is 18.3 Å².